The predicted octanol–water partition coefficient (Wildman–Crippen LogP) is 2.11. The van der Waals surface area contributed by atoms with Gasteiger partial charge in [0.05, 0.1) is 0 Å². The van der Waals surface area contributed by atoms with Crippen LogP contribution < -0.4 is 10.5 Å². The van der Waals surface area contributed by atoms with Gasteiger partial charge in [-0.05, 0) is 50.4 Å². The molecule has 0 spiro atoms. The van der Waals surface area contributed by atoms with Gasteiger partial charge in [-0.1, -0.05) is 12.1 Å². The second-order valence-electron chi connectivity index (χ2n) is 5.32. The molecule has 0 aliphatic carbocycles. The molecule has 0 amide bonds. The van der Waals surface area contributed by atoms with Crippen molar-refractivity contribution >= 4 is 0 Å². The highest BCUT2D eigenvalue weighted by Gasteiger charge is 2.16. The monoisotopic (exact) mass is 248 g/mol. The van der Waals surface area contributed by atoms with Crippen molar-refractivity contribution in [2.24, 2.45) is 5.73 Å². The van der Waals surface area contributed by atoms with Crippen LogP contribution in [-0.4, -0.2) is 37.2 Å². The Kier molecular flexibility index (Phi) is 4.61. The molecule has 0 saturated carbocycles. The molecule has 1 aliphatic heterocycles. The smallest absolute Gasteiger partial charge is 0.122 e. The van der Waals surface area contributed by atoms with Crippen molar-refractivity contribution in [3.05, 3.63) is 29.3 Å². The van der Waals surface area contributed by atoms with Crippen molar-refractivity contribution in [3.63, 3.8) is 0 Å². The van der Waals surface area contributed by atoms with E-state index in [1.54, 1.807) is 0 Å². The SMILES string of the molecule is Cc1ccc(C)c(OCCN2CCCC(N)C2)c1. The Morgan fingerprint density at radius 1 is 1.39 bits per heavy atom. The van der Waals surface area contributed by atoms with Gasteiger partial charge in [-0.3, -0.25) is 4.90 Å². The molecule has 18 heavy (non-hydrogen) atoms. The van der Waals surface area contributed by atoms with Crippen LogP contribution in [0.4, 0.5) is 0 Å². The summed E-state index contributed by atoms with van der Waals surface area (Å²) in [5, 5.41) is 0. The highest BCUT2D eigenvalue weighted by Crippen LogP contribution is 2.19. The van der Waals surface area contributed by atoms with Gasteiger partial charge in [-0.25, -0.2) is 0 Å². The largest absolute Gasteiger partial charge is 0.492 e. The third-order valence-electron chi connectivity index (χ3n) is 3.55. The van der Waals surface area contributed by atoms with Crippen LogP contribution in [0.15, 0.2) is 18.2 Å². The maximum absolute atomic E-state index is 5.97. The molecule has 1 saturated heterocycles. The van der Waals surface area contributed by atoms with E-state index >= 15 is 0 Å². The second kappa shape index (κ2) is 6.21. The number of aryl methyl sites for hydroxylation is 2. The lowest BCUT2D eigenvalue weighted by Gasteiger charge is -2.30. The van der Waals surface area contributed by atoms with Crippen molar-refractivity contribution in [3.8, 4) is 5.75 Å². The van der Waals surface area contributed by atoms with Gasteiger partial charge in [0.2, 0.25) is 0 Å². The zero-order chi connectivity index (χ0) is 13.0. The number of hydrogen-bond donors (Lipinski definition) is 1. The molecule has 2 N–H and O–H groups in total. The van der Waals surface area contributed by atoms with E-state index in [1.165, 1.54) is 17.5 Å². The lowest BCUT2D eigenvalue weighted by Crippen LogP contribution is -2.44. The minimum Gasteiger partial charge on any atom is -0.492 e. The quantitative estimate of drug-likeness (QED) is 0.887. The van der Waals surface area contributed by atoms with Crippen LogP contribution in [-0.2, 0) is 0 Å². The fraction of sp³-hybridized carbons (Fsp3) is 0.600. The molecule has 1 unspecified atom stereocenters. The molecule has 3 heteroatoms. The third kappa shape index (κ3) is 3.72. The zero-order valence-corrected chi connectivity index (χ0v) is 11.5. The number of nitrogens with two attached hydrogens (primary N) is 1. The average Bonchev–Trinajstić information content (AvgIpc) is 2.34. The topological polar surface area (TPSA) is 38.5 Å². The van der Waals surface area contributed by atoms with Gasteiger partial charge in [0.25, 0.3) is 0 Å². The molecule has 3 nitrogen and oxygen atoms in total. The summed E-state index contributed by atoms with van der Waals surface area (Å²) in [7, 11) is 0. The van der Waals surface area contributed by atoms with E-state index in [2.05, 4.69) is 36.9 Å². The molecule has 1 aromatic carbocycles. The van der Waals surface area contributed by atoms with Crippen LogP contribution in [0.25, 0.3) is 0 Å². The molecule has 0 radical (unpaired) electrons. The van der Waals surface area contributed by atoms with Crippen molar-refractivity contribution < 1.29 is 4.74 Å². The van der Waals surface area contributed by atoms with Crippen LogP contribution in [0.3, 0.4) is 0 Å². The summed E-state index contributed by atoms with van der Waals surface area (Å²) in [6.07, 6.45) is 2.37. The summed E-state index contributed by atoms with van der Waals surface area (Å²) in [5.74, 6) is 1.01. The highest BCUT2D eigenvalue weighted by molar-refractivity contribution is 5.35. The molecule has 100 valence electrons. The summed E-state index contributed by atoms with van der Waals surface area (Å²) in [5.41, 5.74) is 8.42. The molecule has 1 fully saturated rings. The molecular formula is C15H24N2O. The van der Waals surface area contributed by atoms with Crippen LogP contribution in [0.2, 0.25) is 0 Å². The van der Waals surface area contributed by atoms with Crippen LogP contribution in [0.5, 0.6) is 5.75 Å². The average molecular weight is 248 g/mol. The number of nitrogens with zero attached hydrogens (tertiary/aromatic N) is 1. The summed E-state index contributed by atoms with van der Waals surface area (Å²) >= 11 is 0. The van der Waals surface area contributed by atoms with E-state index in [0.29, 0.717) is 6.04 Å². The van der Waals surface area contributed by atoms with E-state index in [1.807, 2.05) is 0 Å². The molecule has 1 atom stereocenters. The Bertz CT molecular complexity index is 392. The molecule has 1 heterocycles. The minimum atomic E-state index is 0.347. The second-order valence-corrected chi connectivity index (χ2v) is 5.32. The summed E-state index contributed by atoms with van der Waals surface area (Å²) in [4.78, 5) is 2.40. The fourth-order valence-corrected chi connectivity index (χ4v) is 2.44. The van der Waals surface area contributed by atoms with Crippen LogP contribution in [0.1, 0.15) is 24.0 Å². The molecule has 0 bridgehead atoms. The zero-order valence-electron chi connectivity index (χ0n) is 11.5. The van der Waals surface area contributed by atoms with E-state index < -0.39 is 0 Å². The van der Waals surface area contributed by atoms with E-state index in [9.17, 15) is 0 Å². The van der Waals surface area contributed by atoms with Crippen molar-refractivity contribution in [1.29, 1.82) is 0 Å². The normalized spacial score (nSPS) is 20.9. The first-order valence-electron chi connectivity index (χ1n) is 6.83. The Morgan fingerprint density at radius 2 is 2.22 bits per heavy atom. The number of likely N-dealkylation sites (tertiary alicyclic amines) is 1. The van der Waals surface area contributed by atoms with Crippen LogP contribution >= 0.6 is 0 Å². The first-order valence-corrected chi connectivity index (χ1v) is 6.83. The van der Waals surface area contributed by atoms with Gasteiger partial charge in [-0.2, -0.15) is 0 Å². The van der Waals surface area contributed by atoms with E-state index in [-0.39, 0.29) is 0 Å². The van der Waals surface area contributed by atoms with Crippen molar-refractivity contribution in [2.45, 2.75) is 32.7 Å². The standard InChI is InChI=1S/C15H24N2O/c1-12-5-6-13(2)15(10-12)18-9-8-17-7-3-4-14(16)11-17/h5-6,10,14H,3-4,7-9,11,16H2,1-2H3. The highest BCUT2D eigenvalue weighted by atomic mass is 16.5. The first kappa shape index (κ1) is 13.4. The Morgan fingerprint density at radius 3 is 3.00 bits per heavy atom. The molecular weight excluding hydrogens is 224 g/mol. The van der Waals surface area contributed by atoms with E-state index in [4.69, 9.17) is 10.5 Å². The Balaban J connectivity index is 1.79. The first-order chi connectivity index (χ1) is 8.65. The third-order valence-corrected chi connectivity index (χ3v) is 3.55. The number of ether oxygens (including phenoxy) is 1. The summed E-state index contributed by atoms with van der Waals surface area (Å²) in [6.45, 7) is 8.07. The minimum absolute atomic E-state index is 0.347. The maximum Gasteiger partial charge on any atom is 0.122 e. The Labute approximate surface area is 110 Å². The van der Waals surface area contributed by atoms with Crippen molar-refractivity contribution in [2.75, 3.05) is 26.2 Å². The summed E-state index contributed by atoms with van der Waals surface area (Å²) < 4.78 is 5.87. The van der Waals surface area contributed by atoms with Gasteiger partial charge in [0.1, 0.15) is 12.4 Å². The van der Waals surface area contributed by atoms with Gasteiger partial charge < -0.3 is 10.5 Å². The fourth-order valence-electron chi connectivity index (χ4n) is 2.44. The summed E-state index contributed by atoms with van der Waals surface area (Å²) in [6, 6.07) is 6.68. The molecule has 1 aromatic rings. The van der Waals surface area contributed by atoms with Gasteiger partial charge >= 0.3 is 0 Å². The molecule has 0 aromatic heterocycles. The lowest BCUT2D eigenvalue weighted by molar-refractivity contribution is 0.171. The van der Waals surface area contributed by atoms with Crippen LogP contribution in [0, 0.1) is 13.8 Å². The molecule has 2 rings (SSSR count). The number of hydrogen-bond acceptors (Lipinski definition) is 3. The maximum atomic E-state index is 5.97. The van der Waals surface area contributed by atoms with Gasteiger partial charge in [-0.15, -0.1) is 0 Å². The van der Waals surface area contributed by atoms with E-state index in [0.717, 1.165) is 38.4 Å². The van der Waals surface area contributed by atoms with Gasteiger partial charge in [0.15, 0.2) is 0 Å². The van der Waals surface area contributed by atoms with Gasteiger partial charge in [0, 0.05) is 19.1 Å². The number of piperidine rings is 1. The number of rotatable bonds is 4. The molecule has 1 aliphatic rings. The number of benzene rings is 1. The lowest BCUT2D eigenvalue weighted by atomic mass is 10.1. The Hall–Kier alpha value is -1.06. The predicted molar refractivity (Wildman–Crippen MR) is 75.1 cm³/mol. The van der Waals surface area contributed by atoms with Crippen molar-refractivity contribution in [1.82, 2.24) is 4.90 Å².